The second-order valence-corrected chi connectivity index (χ2v) is 4.42. The van der Waals surface area contributed by atoms with Gasteiger partial charge in [0.05, 0.1) is 0 Å². The molecule has 67 valence electrons. The van der Waals surface area contributed by atoms with Crippen molar-refractivity contribution in [2.45, 2.75) is 13.8 Å². The fourth-order valence-electron chi connectivity index (χ4n) is 1.16. The zero-order valence-electron chi connectivity index (χ0n) is 7.83. The van der Waals surface area contributed by atoms with Gasteiger partial charge in [-0.25, -0.2) is 0 Å². The van der Waals surface area contributed by atoms with Crippen molar-refractivity contribution in [1.29, 1.82) is 0 Å². The van der Waals surface area contributed by atoms with Crippen molar-refractivity contribution in [3.05, 3.63) is 30.3 Å². The van der Waals surface area contributed by atoms with Crippen LogP contribution < -0.4 is 5.19 Å². The molecule has 13 heavy (non-hydrogen) atoms. The molecule has 1 aromatic carbocycles. The number of benzene rings is 1. The number of hydrogen-bond donors (Lipinski definition) is 0. The van der Waals surface area contributed by atoms with Crippen LogP contribution >= 0.6 is 0 Å². The summed E-state index contributed by atoms with van der Waals surface area (Å²) in [4.78, 5) is 0. The van der Waals surface area contributed by atoms with E-state index in [0.717, 1.165) is 0 Å². The molecular formula is C10H17LiNSi. The summed E-state index contributed by atoms with van der Waals surface area (Å²) in [5.74, 6) is 0. The van der Waals surface area contributed by atoms with E-state index in [4.69, 9.17) is 0 Å². The van der Waals surface area contributed by atoms with Crippen LogP contribution in [0.5, 0.6) is 0 Å². The molecule has 0 saturated heterocycles. The summed E-state index contributed by atoms with van der Waals surface area (Å²) in [5, 5.41) is 1.49. The van der Waals surface area contributed by atoms with Crippen LogP contribution in [0.2, 0.25) is 0 Å². The van der Waals surface area contributed by atoms with Crippen molar-refractivity contribution in [2.24, 2.45) is 0 Å². The van der Waals surface area contributed by atoms with Crippen LogP contribution in [0.4, 0.5) is 0 Å². The van der Waals surface area contributed by atoms with E-state index in [0.29, 0.717) is 9.68 Å². The van der Waals surface area contributed by atoms with Gasteiger partial charge in [0.15, 0.2) is 9.68 Å². The summed E-state index contributed by atoms with van der Waals surface area (Å²) in [6, 6.07) is 10.7. The minimum absolute atomic E-state index is 0. The molecule has 0 saturated carbocycles. The molecule has 0 aromatic heterocycles. The van der Waals surface area contributed by atoms with Gasteiger partial charge in [0, 0.05) is 0 Å². The predicted octanol–water partition coefficient (Wildman–Crippen LogP) is 0.357. The molecule has 0 spiro atoms. The Labute approximate surface area is 95.6 Å². The van der Waals surface area contributed by atoms with E-state index in [1.165, 1.54) is 18.3 Å². The fraction of sp³-hybridized carbons (Fsp3) is 0.400. The van der Waals surface area contributed by atoms with Gasteiger partial charge in [-0.05, 0) is 18.3 Å². The Bertz CT molecular complexity index is 211. The summed E-state index contributed by atoms with van der Waals surface area (Å²) in [7, 11) is 0.332. The second kappa shape index (κ2) is 7.40. The summed E-state index contributed by atoms with van der Waals surface area (Å²) in [6.45, 7) is 6.78. The summed E-state index contributed by atoms with van der Waals surface area (Å²) in [5.41, 5.74) is 0. The van der Waals surface area contributed by atoms with Crippen LogP contribution in [0.3, 0.4) is 0 Å². The van der Waals surface area contributed by atoms with Gasteiger partial charge < -0.3 is 4.57 Å². The Morgan fingerprint density at radius 3 is 2.08 bits per heavy atom. The van der Waals surface area contributed by atoms with Crippen molar-refractivity contribution in [3.63, 3.8) is 0 Å². The molecule has 3 heteroatoms. The molecule has 0 N–H and O–H groups in total. The first-order chi connectivity index (χ1) is 5.86. The molecule has 1 aromatic rings. The summed E-state index contributed by atoms with van der Waals surface area (Å²) >= 11 is 0. The SMILES string of the molecule is CCN(CC)[SiH]c1ccccc1.[LiH]. The Morgan fingerprint density at radius 2 is 1.62 bits per heavy atom. The third-order valence-corrected chi connectivity index (χ3v) is 3.72. The van der Waals surface area contributed by atoms with Crippen LogP contribution in [0.25, 0.3) is 0 Å². The van der Waals surface area contributed by atoms with Crippen LogP contribution in [-0.4, -0.2) is 46.2 Å². The summed E-state index contributed by atoms with van der Waals surface area (Å²) < 4.78 is 2.50. The molecule has 0 unspecified atom stereocenters. The van der Waals surface area contributed by atoms with E-state index in [2.05, 4.69) is 48.7 Å². The monoisotopic (exact) mass is 186 g/mol. The van der Waals surface area contributed by atoms with Gasteiger partial charge in [0.25, 0.3) is 0 Å². The first-order valence-corrected chi connectivity index (χ1v) is 5.60. The number of rotatable bonds is 4. The van der Waals surface area contributed by atoms with E-state index >= 15 is 0 Å². The van der Waals surface area contributed by atoms with Gasteiger partial charge >= 0.3 is 18.9 Å². The molecule has 0 atom stereocenters. The van der Waals surface area contributed by atoms with E-state index in [9.17, 15) is 0 Å². The Hall–Kier alpha value is -0.00571. The zero-order chi connectivity index (χ0) is 8.81. The van der Waals surface area contributed by atoms with Crippen molar-refractivity contribution in [1.82, 2.24) is 4.57 Å². The van der Waals surface area contributed by atoms with Crippen LogP contribution in [0, 0.1) is 0 Å². The van der Waals surface area contributed by atoms with Crippen molar-refractivity contribution >= 4 is 33.7 Å². The molecule has 0 fully saturated rings. The topological polar surface area (TPSA) is 3.24 Å². The summed E-state index contributed by atoms with van der Waals surface area (Å²) in [6.07, 6.45) is 0. The third-order valence-electron chi connectivity index (χ3n) is 1.94. The van der Waals surface area contributed by atoms with Gasteiger partial charge in [-0.3, -0.25) is 0 Å². The fourth-order valence-corrected chi connectivity index (χ4v) is 2.34. The first-order valence-electron chi connectivity index (χ1n) is 4.50. The molecule has 0 amide bonds. The molecule has 0 bridgehead atoms. The standard InChI is InChI=1S/C10H16NSi.Li.H/c1-3-11(4-2)12-10-8-6-5-7-9-10;;/h5-9,12H,3-4H2,1-2H3;;. The van der Waals surface area contributed by atoms with Crippen molar-refractivity contribution in [2.75, 3.05) is 13.1 Å². The van der Waals surface area contributed by atoms with Gasteiger partial charge in [0.2, 0.25) is 0 Å². The Balaban J connectivity index is 0.00000144. The molecule has 0 heterocycles. The van der Waals surface area contributed by atoms with Gasteiger partial charge in [-0.1, -0.05) is 44.2 Å². The zero-order valence-corrected chi connectivity index (χ0v) is 8.98. The average Bonchev–Trinajstić information content (AvgIpc) is 2.16. The quantitative estimate of drug-likeness (QED) is 0.614. The maximum atomic E-state index is 2.50. The first kappa shape index (κ1) is 13.0. The molecule has 0 aliphatic carbocycles. The maximum absolute atomic E-state index is 2.50. The predicted molar refractivity (Wildman–Crippen MR) is 63.3 cm³/mol. The van der Waals surface area contributed by atoms with E-state index < -0.39 is 0 Å². The van der Waals surface area contributed by atoms with E-state index in [-0.39, 0.29) is 18.9 Å². The second-order valence-electron chi connectivity index (χ2n) is 2.76. The van der Waals surface area contributed by atoms with Crippen LogP contribution in [0.15, 0.2) is 30.3 Å². The Morgan fingerprint density at radius 1 is 1.08 bits per heavy atom. The van der Waals surface area contributed by atoms with Gasteiger partial charge in [-0.2, -0.15) is 0 Å². The number of nitrogens with zero attached hydrogens (tertiary/aromatic N) is 1. The minimum atomic E-state index is 0. The van der Waals surface area contributed by atoms with Gasteiger partial charge in [-0.15, -0.1) is 0 Å². The molecule has 1 nitrogen and oxygen atoms in total. The molecule has 1 radical (unpaired) electrons. The van der Waals surface area contributed by atoms with Crippen molar-refractivity contribution < 1.29 is 0 Å². The van der Waals surface area contributed by atoms with E-state index in [1.807, 2.05) is 0 Å². The van der Waals surface area contributed by atoms with Gasteiger partial charge in [0.1, 0.15) is 0 Å². The molecule has 0 aliphatic heterocycles. The molecule has 1 rings (SSSR count). The normalized spacial score (nSPS) is 9.77. The van der Waals surface area contributed by atoms with Crippen LogP contribution in [-0.2, 0) is 0 Å². The third kappa shape index (κ3) is 4.68. The van der Waals surface area contributed by atoms with E-state index in [1.54, 1.807) is 0 Å². The molecular weight excluding hydrogens is 169 g/mol. The molecule has 0 aliphatic rings. The van der Waals surface area contributed by atoms with Crippen LogP contribution in [0.1, 0.15) is 13.8 Å². The Kier molecular flexibility index (Phi) is 7.40. The van der Waals surface area contributed by atoms with Crippen molar-refractivity contribution in [3.8, 4) is 0 Å². The average molecular weight is 186 g/mol. The number of hydrogen-bond acceptors (Lipinski definition) is 1.